The lowest BCUT2D eigenvalue weighted by Crippen LogP contribution is -2.53. The number of hydrogen-bond donors (Lipinski definition) is 1. The Morgan fingerprint density at radius 2 is 2.00 bits per heavy atom. The Morgan fingerprint density at radius 3 is 2.71 bits per heavy atom. The van der Waals surface area contributed by atoms with Crippen molar-refractivity contribution < 1.29 is 0 Å². The topological polar surface area (TPSA) is 31.4 Å². The number of rotatable bonds is 4. The zero-order chi connectivity index (χ0) is 16.7. The first-order valence-corrected chi connectivity index (χ1v) is 9.67. The summed E-state index contributed by atoms with van der Waals surface area (Å²) in [4.78, 5) is 9.44. The van der Waals surface area contributed by atoms with Crippen molar-refractivity contribution in [2.45, 2.75) is 33.1 Å². The van der Waals surface area contributed by atoms with Crippen LogP contribution in [0, 0.1) is 23.2 Å². The largest absolute Gasteiger partial charge is 0.370 e. The normalized spacial score (nSPS) is 32.3. The number of likely N-dealkylation sites (N-methyl/N-ethyl adjacent to an activating group) is 1. The molecule has 3 atom stereocenters. The number of nitrogens with zero attached hydrogens (tertiary/aromatic N) is 3. The van der Waals surface area contributed by atoms with Gasteiger partial charge in [0.25, 0.3) is 0 Å². The van der Waals surface area contributed by atoms with Gasteiger partial charge in [0.05, 0.1) is 0 Å². The minimum atomic E-state index is 0.569. The first-order chi connectivity index (χ1) is 11.5. The summed E-state index contributed by atoms with van der Waals surface area (Å²) in [7, 11) is 2.20. The van der Waals surface area contributed by atoms with Crippen LogP contribution in [0.3, 0.4) is 0 Å². The standard InChI is InChI=1S/C20H32N4/c1-20(2)16-5-4-15(18(20)12-16)14-22-19-13-17(6-7-21-19)24-10-8-23(3)9-11-24/h6-7,13,15-16,18H,4-5,8-12,14H2,1-3H3,(H,21,22)/t15-,16+,18+/m1/s1. The van der Waals surface area contributed by atoms with E-state index in [1.54, 1.807) is 0 Å². The van der Waals surface area contributed by atoms with Crippen molar-refractivity contribution in [3.63, 3.8) is 0 Å². The summed E-state index contributed by atoms with van der Waals surface area (Å²) in [5.74, 6) is 3.76. The molecule has 2 heterocycles. The maximum atomic E-state index is 4.56. The highest BCUT2D eigenvalue weighted by Crippen LogP contribution is 2.61. The maximum absolute atomic E-state index is 4.56. The number of pyridine rings is 1. The van der Waals surface area contributed by atoms with Crippen LogP contribution in [0.2, 0.25) is 0 Å². The van der Waals surface area contributed by atoms with Crippen LogP contribution in [0.5, 0.6) is 0 Å². The van der Waals surface area contributed by atoms with E-state index >= 15 is 0 Å². The van der Waals surface area contributed by atoms with Crippen LogP contribution in [0.15, 0.2) is 18.3 Å². The zero-order valence-corrected chi connectivity index (χ0v) is 15.5. The van der Waals surface area contributed by atoms with E-state index in [9.17, 15) is 0 Å². The van der Waals surface area contributed by atoms with Crippen molar-refractivity contribution in [2.24, 2.45) is 23.2 Å². The van der Waals surface area contributed by atoms with E-state index in [2.05, 4.69) is 53.1 Å². The summed E-state index contributed by atoms with van der Waals surface area (Å²) < 4.78 is 0. The van der Waals surface area contributed by atoms with Gasteiger partial charge in [0, 0.05) is 50.7 Å². The molecule has 4 nitrogen and oxygen atoms in total. The molecule has 1 aromatic rings. The van der Waals surface area contributed by atoms with E-state index < -0.39 is 0 Å². The molecule has 2 bridgehead atoms. The SMILES string of the molecule is CN1CCN(c2ccnc(NC[C@H]3CC[C@H]4C[C@@H]3C4(C)C)c2)CC1. The van der Waals surface area contributed by atoms with Gasteiger partial charge < -0.3 is 15.1 Å². The summed E-state index contributed by atoms with van der Waals surface area (Å²) in [6.07, 6.45) is 6.23. The molecule has 1 aliphatic heterocycles. The van der Waals surface area contributed by atoms with Crippen molar-refractivity contribution in [2.75, 3.05) is 50.0 Å². The smallest absolute Gasteiger partial charge is 0.127 e. The number of nitrogens with one attached hydrogen (secondary N) is 1. The minimum absolute atomic E-state index is 0.569. The maximum Gasteiger partial charge on any atom is 0.127 e. The Hall–Kier alpha value is -1.29. The van der Waals surface area contributed by atoms with Crippen LogP contribution in [0.4, 0.5) is 11.5 Å². The third-order valence-corrected chi connectivity index (χ3v) is 7.16. The van der Waals surface area contributed by atoms with Gasteiger partial charge >= 0.3 is 0 Å². The van der Waals surface area contributed by atoms with E-state index in [-0.39, 0.29) is 0 Å². The fourth-order valence-electron chi connectivity index (χ4n) is 5.22. The van der Waals surface area contributed by atoms with Gasteiger partial charge in [-0.1, -0.05) is 13.8 Å². The molecule has 0 unspecified atom stereocenters. The Balaban J connectivity index is 1.36. The van der Waals surface area contributed by atoms with Gasteiger partial charge in [0.2, 0.25) is 0 Å². The molecule has 24 heavy (non-hydrogen) atoms. The van der Waals surface area contributed by atoms with Crippen LogP contribution in [0.25, 0.3) is 0 Å². The fourth-order valence-corrected chi connectivity index (χ4v) is 5.22. The van der Waals surface area contributed by atoms with E-state index in [0.717, 1.165) is 56.3 Å². The average molecular weight is 329 g/mol. The first kappa shape index (κ1) is 16.2. The molecule has 132 valence electrons. The molecule has 0 spiro atoms. The number of aromatic nitrogens is 1. The highest BCUT2D eigenvalue weighted by atomic mass is 15.2. The Kier molecular flexibility index (Phi) is 4.19. The summed E-state index contributed by atoms with van der Waals surface area (Å²) in [6, 6.07) is 4.39. The molecular weight excluding hydrogens is 296 g/mol. The fraction of sp³-hybridized carbons (Fsp3) is 0.750. The Bertz CT molecular complexity index is 575. The van der Waals surface area contributed by atoms with Crippen molar-refractivity contribution in [3.05, 3.63) is 18.3 Å². The molecule has 0 aromatic carbocycles. The summed E-state index contributed by atoms with van der Waals surface area (Å²) in [5.41, 5.74) is 1.88. The monoisotopic (exact) mass is 328 g/mol. The number of hydrogen-bond acceptors (Lipinski definition) is 4. The van der Waals surface area contributed by atoms with Gasteiger partial charge in [0.15, 0.2) is 0 Å². The quantitative estimate of drug-likeness (QED) is 0.919. The van der Waals surface area contributed by atoms with Gasteiger partial charge in [0.1, 0.15) is 5.82 Å². The second-order valence-electron chi connectivity index (χ2n) is 8.77. The van der Waals surface area contributed by atoms with Crippen molar-refractivity contribution in [1.29, 1.82) is 0 Å². The molecule has 1 saturated heterocycles. The van der Waals surface area contributed by atoms with Crippen molar-refractivity contribution in [3.8, 4) is 0 Å². The second-order valence-corrected chi connectivity index (χ2v) is 8.77. The highest BCUT2D eigenvalue weighted by Gasteiger charge is 2.53. The molecule has 3 aliphatic carbocycles. The van der Waals surface area contributed by atoms with Crippen molar-refractivity contribution in [1.82, 2.24) is 9.88 Å². The predicted octanol–water partition coefficient (Wildman–Crippen LogP) is 3.32. The van der Waals surface area contributed by atoms with Crippen LogP contribution in [-0.2, 0) is 0 Å². The Morgan fingerprint density at radius 1 is 1.21 bits per heavy atom. The van der Waals surface area contributed by atoms with Gasteiger partial charge in [-0.2, -0.15) is 0 Å². The summed E-state index contributed by atoms with van der Waals surface area (Å²) >= 11 is 0. The van der Waals surface area contributed by atoms with Gasteiger partial charge in [-0.25, -0.2) is 4.98 Å². The molecule has 3 saturated carbocycles. The number of piperazine rings is 1. The molecule has 4 heteroatoms. The molecule has 4 fully saturated rings. The predicted molar refractivity (Wildman–Crippen MR) is 101 cm³/mol. The summed E-state index contributed by atoms with van der Waals surface area (Å²) in [5, 5.41) is 3.65. The lowest BCUT2D eigenvalue weighted by molar-refractivity contribution is -0.100. The van der Waals surface area contributed by atoms with E-state index in [0.29, 0.717) is 5.41 Å². The van der Waals surface area contributed by atoms with Gasteiger partial charge in [-0.15, -0.1) is 0 Å². The van der Waals surface area contributed by atoms with Crippen molar-refractivity contribution >= 4 is 11.5 Å². The highest BCUT2D eigenvalue weighted by molar-refractivity contribution is 5.54. The molecule has 4 aliphatic rings. The van der Waals surface area contributed by atoms with Crippen LogP contribution >= 0.6 is 0 Å². The lowest BCUT2D eigenvalue weighted by atomic mass is 9.45. The molecule has 1 N–H and O–H groups in total. The first-order valence-electron chi connectivity index (χ1n) is 9.67. The molecule has 0 amide bonds. The van der Waals surface area contributed by atoms with Crippen LogP contribution in [-0.4, -0.2) is 49.7 Å². The van der Waals surface area contributed by atoms with E-state index in [1.165, 1.54) is 24.9 Å². The molecule has 1 aromatic heterocycles. The molecular formula is C20H32N4. The molecule has 5 rings (SSSR count). The van der Waals surface area contributed by atoms with E-state index in [4.69, 9.17) is 0 Å². The molecule has 0 radical (unpaired) electrons. The average Bonchev–Trinajstić information content (AvgIpc) is 2.61. The Labute approximate surface area is 146 Å². The third-order valence-electron chi connectivity index (χ3n) is 7.16. The zero-order valence-electron chi connectivity index (χ0n) is 15.5. The van der Waals surface area contributed by atoms with Crippen LogP contribution in [0.1, 0.15) is 33.1 Å². The number of anilines is 2. The second kappa shape index (κ2) is 6.21. The van der Waals surface area contributed by atoms with Gasteiger partial charge in [-0.05, 0) is 55.5 Å². The third kappa shape index (κ3) is 2.90. The van der Waals surface area contributed by atoms with E-state index in [1.807, 2.05) is 6.20 Å². The van der Waals surface area contributed by atoms with Gasteiger partial charge in [-0.3, -0.25) is 0 Å². The lowest BCUT2D eigenvalue weighted by Gasteiger charge is -2.60. The van der Waals surface area contributed by atoms with Crippen LogP contribution < -0.4 is 10.2 Å². The minimum Gasteiger partial charge on any atom is -0.370 e. The summed E-state index contributed by atoms with van der Waals surface area (Å²) in [6.45, 7) is 10.5. The number of fused-ring (bicyclic) bond motifs is 2.